The SMILES string of the molecule is CC(COCC(COCC(C)OC(=O)CCC(=O)Oc1ccc2ccc3c(c2c1)N=CC1(O3)N(C)c2ccccc2C1(C)C)OCC(C)OC(=O)CCC(=O)Oc1ccc2ccc3c(c2c1)N=CC1(O3)N(C)c2ccccc2C1(C)C)OC(=O)CCC(=O)Oc1ccc2ccc3c(c2c1)N=CC1(O3)N(C)c2ccccc2C1(C)C. The van der Waals surface area contributed by atoms with Crippen molar-refractivity contribution in [3.05, 3.63) is 180 Å². The predicted octanol–water partition coefficient (Wildman–Crippen LogP) is 15.5. The van der Waals surface area contributed by atoms with E-state index in [9.17, 15) is 28.8 Å². The van der Waals surface area contributed by atoms with Crippen LogP contribution in [0.2, 0.25) is 0 Å². The molecule has 24 nitrogen and oxygen atoms in total. The van der Waals surface area contributed by atoms with Gasteiger partial charge in [-0.1, -0.05) is 91.0 Å². The molecule has 0 saturated carbocycles. The summed E-state index contributed by atoms with van der Waals surface area (Å²) in [7, 11) is 6.00. The van der Waals surface area contributed by atoms with Crippen LogP contribution in [0.1, 0.15) is 118 Å². The maximum Gasteiger partial charge on any atom is 0.311 e. The summed E-state index contributed by atoms with van der Waals surface area (Å²) in [6, 6.07) is 51.9. The van der Waals surface area contributed by atoms with Crippen LogP contribution in [0.15, 0.2) is 179 Å². The number of esters is 6. The summed E-state index contributed by atoms with van der Waals surface area (Å²) in [6.07, 6.45) is 0.724. The van der Waals surface area contributed by atoms with E-state index in [2.05, 4.69) is 92.6 Å². The Morgan fingerprint density at radius 2 is 0.640 bits per heavy atom. The Morgan fingerprint density at radius 3 is 0.947 bits per heavy atom. The minimum Gasteiger partial charge on any atom is -0.460 e. The molecule has 0 bridgehead atoms. The van der Waals surface area contributed by atoms with Gasteiger partial charge < -0.3 is 71.5 Å². The van der Waals surface area contributed by atoms with Crippen molar-refractivity contribution in [2.24, 2.45) is 15.0 Å². The van der Waals surface area contributed by atoms with E-state index < -0.39 is 93.7 Å². The standard InChI is InChI=1S/C90H92N6O18/c1-54(106-76(97)37-40-79(100)109-60-31-25-57-28-34-73-82(64(57)43-60)91-51-88(112-73)85(4,5)67-19-13-16-22-70(67)94(88)10)46-103-49-63(105-48-56(3)108-78(99)39-42-81(102)111-62-33-27-59-30-36-75-84(66(59)45-62)93-53-90(114-75)87(8,9)69-21-15-18-24-72(69)96(90)12)50-104-47-55(2)107-77(98)38-41-80(101)110-61-32-26-58-29-35-74-83(65(58)44-61)92-52-89(113-74)86(6,7)68-20-14-17-23-71(68)95(89)11/h13-36,43-45,51-56,63H,37-42,46-50H2,1-12H3. The second kappa shape index (κ2) is 30.6. The van der Waals surface area contributed by atoms with E-state index in [-0.39, 0.29) is 88.8 Å². The molecule has 114 heavy (non-hydrogen) atoms. The summed E-state index contributed by atoms with van der Waals surface area (Å²) in [4.78, 5) is 101. The molecule has 9 aromatic carbocycles. The second-order valence-corrected chi connectivity index (χ2v) is 31.5. The fraction of sp³-hybridized carbons (Fsp3) is 0.367. The largest absolute Gasteiger partial charge is 0.460 e. The van der Waals surface area contributed by atoms with Gasteiger partial charge in [-0.3, -0.25) is 43.7 Å². The van der Waals surface area contributed by atoms with Gasteiger partial charge in [-0.2, -0.15) is 0 Å². The highest BCUT2D eigenvalue weighted by molar-refractivity contribution is 6.04. The molecule has 0 aliphatic carbocycles. The topological polar surface area (TPSA) is 260 Å². The van der Waals surface area contributed by atoms with Crippen LogP contribution in [0, 0.1) is 0 Å². The predicted molar refractivity (Wildman–Crippen MR) is 433 cm³/mol. The number of rotatable bonds is 26. The molecule has 9 aromatic rings. The molecule has 6 aliphatic heterocycles. The number of aliphatic imine (C=N–C) groups is 3. The number of hydrogen-bond donors (Lipinski definition) is 0. The fourth-order valence-electron chi connectivity index (χ4n) is 16.5. The summed E-state index contributed by atoms with van der Waals surface area (Å²) < 4.78 is 73.0. The van der Waals surface area contributed by atoms with Crippen molar-refractivity contribution in [2.75, 3.05) is 68.9 Å². The van der Waals surface area contributed by atoms with Gasteiger partial charge in [-0.05, 0) is 168 Å². The van der Waals surface area contributed by atoms with Crippen LogP contribution in [-0.4, -0.2) is 150 Å². The van der Waals surface area contributed by atoms with Gasteiger partial charge in [0.25, 0.3) is 0 Å². The average Bonchev–Trinajstić information content (AvgIpc) is 1.55. The Hall–Kier alpha value is -11.7. The first-order valence-corrected chi connectivity index (χ1v) is 38.5. The smallest absolute Gasteiger partial charge is 0.311 e. The van der Waals surface area contributed by atoms with Gasteiger partial charge in [-0.25, -0.2) is 0 Å². The highest BCUT2D eigenvalue weighted by atomic mass is 16.6. The molecule has 0 saturated heterocycles. The fourth-order valence-corrected chi connectivity index (χ4v) is 16.5. The molecule has 6 unspecified atom stereocenters. The Morgan fingerprint density at radius 1 is 0.360 bits per heavy atom. The van der Waals surface area contributed by atoms with Crippen molar-refractivity contribution in [2.45, 2.75) is 159 Å². The molecule has 6 aliphatic rings. The molecule has 0 aromatic heterocycles. The van der Waals surface area contributed by atoms with Crippen LogP contribution in [0.3, 0.4) is 0 Å². The third-order valence-corrected chi connectivity index (χ3v) is 22.9. The van der Waals surface area contributed by atoms with E-state index >= 15 is 0 Å². The van der Waals surface area contributed by atoms with Crippen LogP contribution in [0.5, 0.6) is 34.5 Å². The quantitative estimate of drug-likeness (QED) is 0.0277. The third kappa shape index (κ3) is 14.3. The molecular weight excluding hydrogens is 1450 g/mol. The molecule has 6 heterocycles. The number of likely N-dealkylation sites (N-methyl/N-ethyl adjacent to an activating group) is 3. The third-order valence-electron chi connectivity index (χ3n) is 22.9. The van der Waals surface area contributed by atoms with E-state index in [0.717, 1.165) is 66.1 Å². The van der Waals surface area contributed by atoms with Crippen molar-refractivity contribution in [1.82, 2.24) is 0 Å². The molecule has 0 N–H and O–H groups in total. The molecule has 0 amide bonds. The Bertz CT molecular complexity index is 5200. The zero-order valence-corrected chi connectivity index (χ0v) is 65.9. The minimum atomic E-state index is -0.885. The number of anilines is 3. The molecule has 6 atom stereocenters. The average molecular weight is 1550 g/mol. The van der Waals surface area contributed by atoms with E-state index in [1.807, 2.05) is 131 Å². The number of benzene rings is 9. The van der Waals surface area contributed by atoms with E-state index in [4.69, 9.17) is 71.8 Å². The van der Waals surface area contributed by atoms with Crippen LogP contribution in [-0.2, 0) is 73.4 Å². The molecule has 15 rings (SSSR count). The minimum absolute atomic E-state index is 0.0849. The summed E-state index contributed by atoms with van der Waals surface area (Å²) in [6.45, 7) is 17.2. The Kier molecular flexibility index (Phi) is 20.9. The molecule has 0 radical (unpaired) electrons. The summed E-state index contributed by atoms with van der Waals surface area (Å²) in [5.41, 5.74) is 4.43. The van der Waals surface area contributed by atoms with Gasteiger partial charge >= 0.3 is 35.8 Å². The van der Waals surface area contributed by atoms with E-state index in [1.165, 1.54) is 0 Å². The first-order valence-electron chi connectivity index (χ1n) is 38.5. The van der Waals surface area contributed by atoms with Gasteiger partial charge in [0.1, 0.15) is 76.0 Å². The number of carbonyl (C=O) groups excluding carboxylic acids is 6. The van der Waals surface area contributed by atoms with Crippen molar-refractivity contribution >= 4 is 121 Å². The van der Waals surface area contributed by atoms with Crippen LogP contribution < -0.4 is 43.1 Å². The Balaban J connectivity index is 0.525. The van der Waals surface area contributed by atoms with E-state index in [0.29, 0.717) is 34.3 Å². The number of hydrogen-bond acceptors (Lipinski definition) is 24. The zero-order chi connectivity index (χ0) is 80.2. The maximum absolute atomic E-state index is 13.3. The lowest BCUT2D eigenvalue weighted by Crippen LogP contribution is -2.61. The summed E-state index contributed by atoms with van der Waals surface area (Å²) in [5.74, 6) is -1.37. The van der Waals surface area contributed by atoms with Crippen molar-refractivity contribution < 1.29 is 85.6 Å². The second-order valence-electron chi connectivity index (χ2n) is 31.5. The summed E-state index contributed by atoms with van der Waals surface area (Å²) in [5, 5.41) is 4.76. The first kappa shape index (κ1) is 77.6. The molecule has 590 valence electrons. The molecular formula is C90H92N6O18. The number of para-hydroxylation sites is 3. The molecule has 24 heteroatoms. The van der Waals surface area contributed by atoms with Gasteiger partial charge in [0.05, 0.1) is 106 Å². The summed E-state index contributed by atoms with van der Waals surface area (Å²) >= 11 is 0. The maximum atomic E-state index is 13.3. The van der Waals surface area contributed by atoms with Crippen LogP contribution >= 0.6 is 0 Å². The molecule has 3 spiro atoms. The van der Waals surface area contributed by atoms with Gasteiger partial charge in [-0.15, -0.1) is 0 Å². The van der Waals surface area contributed by atoms with Gasteiger partial charge in [0, 0.05) is 54.4 Å². The van der Waals surface area contributed by atoms with Crippen LogP contribution in [0.4, 0.5) is 34.1 Å². The van der Waals surface area contributed by atoms with Gasteiger partial charge in [0.15, 0.2) is 0 Å². The first-order chi connectivity index (χ1) is 54.6. The Labute approximate surface area is 660 Å². The number of ether oxygens (including phenoxy) is 12. The van der Waals surface area contributed by atoms with Crippen molar-refractivity contribution in [3.63, 3.8) is 0 Å². The lowest BCUT2D eigenvalue weighted by Gasteiger charge is -2.45. The highest BCUT2D eigenvalue weighted by Gasteiger charge is 2.61. The van der Waals surface area contributed by atoms with Crippen LogP contribution in [0.25, 0.3) is 32.3 Å². The normalized spacial score (nSPS) is 20.2. The number of nitrogens with zero attached hydrogens (tertiary/aromatic N) is 6. The van der Waals surface area contributed by atoms with Crippen molar-refractivity contribution in [1.29, 1.82) is 0 Å². The van der Waals surface area contributed by atoms with Gasteiger partial charge in [0.2, 0.25) is 17.2 Å². The number of carbonyl (C=O) groups is 6. The lowest BCUT2D eigenvalue weighted by atomic mass is 9.77. The lowest BCUT2D eigenvalue weighted by molar-refractivity contribution is -0.160. The number of fused-ring (bicyclic) bond motifs is 12. The zero-order valence-electron chi connectivity index (χ0n) is 65.9. The van der Waals surface area contributed by atoms with Crippen molar-refractivity contribution in [3.8, 4) is 34.5 Å². The monoisotopic (exact) mass is 1540 g/mol. The molecule has 0 fully saturated rings. The van der Waals surface area contributed by atoms with E-state index in [1.54, 1.807) is 57.2 Å². The highest BCUT2D eigenvalue weighted by Crippen LogP contribution is 2.58.